The minimum Gasteiger partial charge on any atom is -0.352 e. The van der Waals surface area contributed by atoms with E-state index in [9.17, 15) is 4.79 Å². The second kappa shape index (κ2) is 11.4. The Balaban J connectivity index is 1.60. The van der Waals surface area contributed by atoms with Crippen LogP contribution in [-0.4, -0.2) is 32.4 Å². The Kier molecular flexibility index (Phi) is 8.36. The molecule has 3 aromatic rings. The smallest absolute Gasteiger partial charge is 0.251 e. The summed E-state index contributed by atoms with van der Waals surface area (Å²) in [5.74, 6) is 0.870. The van der Waals surface area contributed by atoms with E-state index < -0.39 is 0 Å². The van der Waals surface area contributed by atoms with Gasteiger partial charge in [0.05, 0.1) is 22.4 Å². The quantitative estimate of drug-likeness (QED) is 0.423. The van der Waals surface area contributed by atoms with Crippen molar-refractivity contribution in [2.75, 3.05) is 6.54 Å². The van der Waals surface area contributed by atoms with Crippen molar-refractivity contribution in [3.8, 4) is 0 Å². The number of nitrogens with zero attached hydrogens (tertiary/aromatic N) is 3. The van der Waals surface area contributed by atoms with Gasteiger partial charge in [-0.25, -0.2) is 15.0 Å². The fourth-order valence-corrected chi connectivity index (χ4v) is 3.64. The van der Waals surface area contributed by atoms with Crippen LogP contribution in [0.4, 0.5) is 0 Å². The Labute approximate surface area is 178 Å². The molecule has 6 nitrogen and oxygen atoms in total. The molecule has 0 aliphatic rings. The van der Waals surface area contributed by atoms with Crippen molar-refractivity contribution < 1.29 is 4.79 Å². The van der Waals surface area contributed by atoms with Crippen molar-refractivity contribution >= 4 is 16.9 Å². The Hall–Kier alpha value is -2.76. The number of unbranched alkanes of at least 4 members (excludes halogenated alkanes) is 4. The second-order valence-corrected chi connectivity index (χ2v) is 7.73. The van der Waals surface area contributed by atoms with Gasteiger partial charge in [0.2, 0.25) is 0 Å². The molecule has 0 spiro atoms. The van der Waals surface area contributed by atoms with Crippen molar-refractivity contribution in [3.05, 3.63) is 53.4 Å². The zero-order valence-corrected chi connectivity index (χ0v) is 18.2. The van der Waals surface area contributed by atoms with E-state index >= 15 is 0 Å². The van der Waals surface area contributed by atoms with Gasteiger partial charge in [0, 0.05) is 30.9 Å². The van der Waals surface area contributed by atoms with Gasteiger partial charge in [-0.15, -0.1) is 0 Å². The van der Waals surface area contributed by atoms with Gasteiger partial charge in [-0.1, -0.05) is 39.5 Å². The Bertz CT molecular complexity index is 936. The number of hydrogen-bond donors (Lipinski definition) is 2. The van der Waals surface area contributed by atoms with Crippen LogP contribution in [0.1, 0.15) is 79.9 Å². The van der Waals surface area contributed by atoms with Crippen LogP contribution >= 0.6 is 0 Å². The van der Waals surface area contributed by atoms with Gasteiger partial charge in [-0.2, -0.15) is 0 Å². The predicted molar refractivity (Wildman–Crippen MR) is 121 cm³/mol. The molecule has 2 heterocycles. The van der Waals surface area contributed by atoms with Crippen LogP contribution in [-0.2, 0) is 19.3 Å². The molecular formula is C24H33N5O. The van der Waals surface area contributed by atoms with Crippen LogP contribution in [0, 0.1) is 0 Å². The standard InChI is InChI=1S/C24H33N5O/c1-3-5-6-7-8-10-20-19(4-2)28-22-17-18(12-13-21(22)29-20)24(30)27-14-9-11-23-25-15-16-26-23/h12-13,15-17H,3-11,14H2,1-2H3,(H,25,26)(H,27,30). The van der Waals surface area contributed by atoms with E-state index in [-0.39, 0.29) is 5.91 Å². The fourth-order valence-electron chi connectivity index (χ4n) is 3.64. The first-order valence-electron chi connectivity index (χ1n) is 11.3. The molecule has 2 N–H and O–H groups in total. The first-order valence-corrected chi connectivity index (χ1v) is 11.3. The molecule has 160 valence electrons. The average Bonchev–Trinajstić information content (AvgIpc) is 3.29. The summed E-state index contributed by atoms with van der Waals surface area (Å²) >= 11 is 0. The molecule has 0 aliphatic carbocycles. The molecule has 0 radical (unpaired) electrons. The number of hydrogen-bond acceptors (Lipinski definition) is 4. The summed E-state index contributed by atoms with van der Waals surface area (Å²) in [5, 5.41) is 2.98. The van der Waals surface area contributed by atoms with Gasteiger partial charge in [-0.05, 0) is 43.9 Å². The first-order chi connectivity index (χ1) is 14.7. The van der Waals surface area contributed by atoms with E-state index in [0.29, 0.717) is 12.1 Å². The molecule has 1 aromatic carbocycles. The van der Waals surface area contributed by atoms with Crippen LogP contribution < -0.4 is 5.32 Å². The fraction of sp³-hybridized carbons (Fsp3) is 0.500. The number of rotatable bonds is 12. The molecule has 0 atom stereocenters. The van der Waals surface area contributed by atoms with Crippen LogP contribution in [0.3, 0.4) is 0 Å². The van der Waals surface area contributed by atoms with Crippen molar-refractivity contribution in [2.45, 2.75) is 71.6 Å². The second-order valence-electron chi connectivity index (χ2n) is 7.73. The van der Waals surface area contributed by atoms with Crippen molar-refractivity contribution in [2.24, 2.45) is 0 Å². The molecule has 0 unspecified atom stereocenters. The number of aryl methyl sites for hydroxylation is 3. The highest BCUT2D eigenvalue weighted by Gasteiger charge is 2.11. The summed E-state index contributed by atoms with van der Waals surface area (Å²) in [6, 6.07) is 5.62. The molecule has 2 aromatic heterocycles. The minimum atomic E-state index is -0.0730. The maximum atomic E-state index is 12.5. The highest BCUT2D eigenvalue weighted by atomic mass is 16.1. The molecule has 3 rings (SSSR count). The number of imidazole rings is 1. The Morgan fingerprint density at radius 1 is 0.967 bits per heavy atom. The largest absolute Gasteiger partial charge is 0.352 e. The summed E-state index contributed by atoms with van der Waals surface area (Å²) in [7, 11) is 0. The minimum absolute atomic E-state index is 0.0730. The molecule has 0 bridgehead atoms. The summed E-state index contributed by atoms with van der Waals surface area (Å²) in [6.07, 6.45) is 13.3. The Morgan fingerprint density at radius 3 is 2.57 bits per heavy atom. The Morgan fingerprint density at radius 2 is 1.80 bits per heavy atom. The lowest BCUT2D eigenvalue weighted by atomic mass is 10.1. The lowest BCUT2D eigenvalue weighted by molar-refractivity contribution is 0.0953. The van der Waals surface area contributed by atoms with Gasteiger partial charge < -0.3 is 10.3 Å². The van der Waals surface area contributed by atoms with E-state index in [1.54, 1.807) is 6.20 Å². The molecule has 0 fully saturated rings. The average molecular weight is 408 g/mol. The lowest BCUT2D eigenvalue weighted by Gasteiger charge is -2.10. The van der Waals surface area contributed by atoms with E-state index in [1.165, 1.54) is 25.7 Å². The van der Waals surface area contributed by atoms with Crippen LogP contribution in [0.2, 0.25) is 0 Å². The van der Waals surface area contributed by atoms with Gasteiger partial charge >= 0.3 is 0 Å². The van der Waals surface area contributed by atoms with Gasteiger partial charge in [0.1, 0.15) is 5.82 Å². The number of H-pyrrole nitrogens is 1. The number of carbonyl (C=O) groups is 1. The third kappa shape index (κ3) is 6.12. The molecule has 0 saturated heterocycles. The zero-order valence-electron chi connectivity index (χ0n) is 18.2. The monoisotopic (exact) mass is 407 g/mol. The van der Waals surface area contributed by atoms with Crippen LogP contribution in [0.15, 0.2) is 30.6 Å². The number of carbonyl (C=O) groups excluding carboxylic acids is 1. The van der Waals surface area contributed by atoms with E-state index in [0.717, 1.165) is 60.3 Å². The molecule has 1 amide bonds. The maximum absolute atomic E-state index is 12.5. The van der Waals surface area contributed by atoms with Crippen molar-refractivity contribution in [1.82, 2.24) is 25.3 Å². The van der Waals surface area contributed by atoms with E-state index in [2.05, 4.69) is 29.1 Å². The summed E-state index contributed by atoms with van der Waals surface area (Å²) in [4.78, 5) is 29.5. The highest BCUT2D eigenvalue weighted by molar-refractivity contribution is 5.97. The van der Waals surface area contributed by atoms with E-state index in [4.69, 9.17) is 9.97 Å². The van der Waals surface area contributed by atoms with Crippen LogP contribution in [0.5, 0.6) is 0 Å². The summed E-state index contributed by atoms with van der Waals surface area (Å²) in [5.41, 5.74) is 4.45. The third-order valence-electron chi connectivity index (χ3n) is 5.36. The van der Waals surface area contributed by atoms with E-state index in [1.807, 2.05) is 24.4 Å². The number of benzene rings is 1. The molecular weight excluding hydrogens is 374 g/mol. The predicted octanol–water partition coefficient (Wildman–Crippen LogP) is 4.79. The maximum Gasteiger partial charge on any atom is 0.251 e. The van der Waals surface area contributed by atoms with Gasteiger partial charge in [0.25, 0.3) is 5.91 Å². The SMILES string of the molecule is CCCCCCCc1nc2ccc(C(=O)NCCCc3ncc[nH]3)cc2nc1CC. The lowest BCUT2D eigenvalue weighted by Crippen LogP contribution is -2.24. The zero-order chi connectivity index (χ0) is 21.2. The highest BCUT2D eigenvalue weighted by Crippen LogP contribution is 2.18. The third-order valence-corrected chi connectivity index (χ3v) is 5.36. The summed E-state index contributed by atoms with van der Waals surface area (Å²) in [6.45, 7) is 4.96. The number of fused-ring (bicyclic) bond motifs is 1. The number of aromatic nitrogens is 4. The van der Waals surface area contributed by atoms with Crippen LogP contribution in [0.25, 0.3) is 11.0 Å². The number of aromatic amines is 1. The molecule has 0 saturated carbocycles. The number of nitrogens with one attached hydrogen (secondary N) is 2. The molecule has 0 aliphatic heterocycles. The van der Waals surface area contributed by atoms with Crippen molar-refractivity contribution in [1.29, 1.82) is 0 Å². The normalized spacial score (nSPS) is 11.1. The van der Waals surface area contributed by atoms with Crippen molar-refractivity contribution in [3.63, 3.8) is 0 Å². The number of amides is 1. The topological polar surface area (TPSA) is 83.6 Å². The molecule has 6 heteroatoms. The summed E-state index contributed by atoms with van der Waals surface area (Å²) < 4.78 is 0. The first kappa shape index (κ1) is 21.9. The van der Waals surface area contributed by atoms with Gasteiger partial charge in [-0.3, -0.25) is 4.79 Å². The molecule has 30 heavy (non-hydrogen) atoms. The van der Waals surface area contributed by atoms with Gasteiger partial charge in [0.15, 0.2) is 0 Å².